The van der Waals surface area contributed by atoms with Crippen molar-refractivity contribution < 1.29 is 14.3 Å². The van der Waals surface area contributed by atoms with Crippen molar-refractivity contribution in [3.63, 3.8) is 0 Å². The number of hydrogen-bond acceptors (Lipinski definition) is 5. The zero-order valence-electron chi connectivity index (χ0n) is 16.7. The van der Waals surface area contributed by atoms with E-state index in [-0.39, 0.29) is 17.9 Å². The Balaban J connectivity index is 1.56. The predicted molar refractivity (Wildman–Crippen MR) is 115 cm³/mol. The highest BCUT2D eigenvalue weighted by Gasteiger charge is 2.10. The molecule has 3 rings (SSSR count). The van der Waals surface area contributed by atoms with Gasteiger partial charge in [-0.25, -0.2) is 4.98 Å². The van der Waals surface area contributed by atoms with Crippen molar-refractivity contribution in [3.05, 3.63) is 75.2 Å². The average molecular weight is 428 g/mol. The maximum Gasteiger partial charge on any atom is 0.254 e. The molecule has 0 saturated carbocycles. The number of halogens is 1. The number of aromatic nitrogens is 2. The Kier molecular flexibility index (Phi) is 7.08. The monoisotopic (exact) mass is 427 g/mol. The van der Waals surface area contributed by atoms with Crippen LogP contribution in [0.25, 0.3) is 11.4 Å². The summed E-state index contributed by atoms with van der Waals surface area (Å²) in [5.74, 6) is 1.47. The molecule has 1 amide bonds. The molecule has 0 bridgehead atoms. The fraction of sp³-hybridized carbons (Fsp3) is 0.227. The summed E-state index contributed by atoms with van der Waals surface area (Å²) < 4.78 is 10.5. The lowest BCUT2D eigenvalue weighted by Crippen LogP contribution is -2.29. The van der Waals surface area contributed by atoms with E-state index in [9.17, 15) is 9.59 Å². The summed E-state index contributed by atoms with van der Waals surface area (Å²) in [7, 11) is 3.16. The van der Waals surface area contributed by atoms with Crippen molar-refractivity contribution >= 4 is 17.5 Å². The number of amides is 1. The summed E-state index contributed by atoms with van der Waals surface area (Å²) in [6, 6.07) is 12.6. The molecule has 0 fully saturated rings. The van der Waals surface area contributed by atoms with Crippen LogP contribution >= 0.6 is 11.6 Å². The zero-order chi connectivity index (χ0) is 21.5. The van der Waals surface area contributed by atoms with Gasteiger partial charge in [0.25, 0.3) is 5.56 Å². The van der Waals surface area contributed by atoms with E-state index in [0.717, 1.165) is 11.1 Å². The SMILES string of the molecule is COc1ccc(CCNC(=O)Cc2cnc(-c3ccc(Cl)cc3)[nH]c2=O)cc1OC. The summed E-state index contributed by atoms with van der Waals surface area (Å²) in [5, 5.41) is 3.42. The number of aromatic amines is 1. The van der Waals surface area contributed by atoms with E-state index in [1.165, 1.54) is 6.20 Å². The van der Waals surface area contributed by atoms with Crippen LogP contribution in [0.4, 0.5) is 0 Å². The number of carbonyl (C=O) groups is 1. The van der Waals surface area contributed by atoms with Gasteiger partial charge >= 0.3 is 0 Å². The van der Waals surface area contributed by atoms with Crippen molar-refractivity contribution in [1.29, 1.82) is 0 Å². The minimum absolute atomic E-state index is 0.0465. The topological polar surface area (TPSA) is 93.3 Å². The second-order valence-electron chi connectivity index (χ2n) is 6.56. The molecule has 3 aromatic rings. The lowest BCUT2D eigenvalue weighted by atomic mass is 10.1. The third-order valence-electron chi connectivity index (χ3n) is 4.53. The lowest BCUT2D eigenvalue weighted by Gasteiger charge is -2.10. The van der Waals surface area contributed by atoms with Crippen LogP contribution < -0.4 is 20.3 Å². The molecule has 2 N–H and O–H groups in total. The molecule has 1 heterocycles. The maximum absolute atomic E-state index is 12.3. The van der Waals surface area contributed by atoms with Crippen LogP contribution in [0, 0.1) is 0 Å². The first-order valence-electron chi connectivity index (χ1n) is 9.32. The fourth-order valence-electron chi connectivity index (χ4n) is 2.92. The zero-order valence-corrected chi connectivity index (χ0v) is 17.5. The van der Waals surface area contributed by atoms with E-state index in [0.29, 0.717) is 40.9 Å². The molecular formula is C22H22ClN3O4. The van der Waals surface area contributed by atoms with Gasteiger partial charge < -0.3 is 19.8 Å². The summed E-state index contributed by atoms with van der Waals surface area (Å²) in [4.78, 5) is 31.5. The number of ether oxygens (including phenoxy) is 2. The van der Waals surface area contributed by atoms with Gasteiger partial charge in [-0.1, -0.05) is 17.7 Å². The predicted octanol–water partition coefficient (Wildman–Crippen LogP) is 3.01. The standard InChI is InChI=1S/C22H22ClN3O4/c1-29-18-8-3-14(11-19(18)30-2)9-10-24-20(27)12-16-13-25-21(26-22(16)28)15-4-6-17(23)7-5-15/h3-8,11,13H,9-10,12H2,1-2H3,(H,24,27)(H,25,26,28). The number of methoxy groups -OCH3 is 2. The number of benzene rings is 2. The number of nitrogens with one attached hydrogen (secondary N) is 2. The first kappa shape index (κ1) is 21.4. The third kappa shape index (κ3) is 5.39. The van der Waals surface area contributed by atoms with E-state index in [1.54, 1.807) is 38.5 Å². The number of H-pyrrole nitrogens is 1. The number of hydrogen-bond donors (Lipinski definition) is 2. The highest BCUT2D eigenvalue weighted by molar-refractivity contribution is 6.30. The molecule has 2 aromatic carbocycles. The molecule has 0 aliphatic heterocycles. The lowest BCUT2D eigenvalue weighted by molar-refractivity contribution is -0.120. The molecule has 0 aliphatic carbocycles. The first-order chi connectivity index (χ1) is 14.5. The van der Waals surface area contributed by atoms with Crippen LogP contribution in [0.3, 0.4) is 0 Å². The van der Waals surface area contributed by atoms with Crippen LogP contribution in [0.1, 0.15) is 11.1 Å². The van der Waals surface area contributed by atoms with E-state index >= 15 is 0 Å². The number of carbonyl (C=O) groups excluding carboxylic acids is 1. The molecule has 0 radical (unpaired) electrons. The Morgan fingerprint density at radius 2 is 1.83 bits per heavy atom. The van der Waals surface area contributed by atoms with Crippen molar-refractivity contribution in [2.24, 2.45) is 0 Å². The van der Waals surface area contributed by atoms with Crippen LogP contribution in [0.5, 0.6) is 11.5 Å². The summed E-state index contributed by atoms with van der Waals surface area (Å²) in [6.07, 6.45) is 2.00. The van der Waals surface area contributed by atoms with Crippen LogP contribution in [-0.2, 0) is 17.6 Å². The summed E-state index contributed by atoms with van der Waals surface area (Å²) >= 11 is 5.87. The molecule has 8 heteroatoms. The Hall–Kier alpha value is -3.32. The van der Waals surface area contributed by atoms with Gasteiger partial charge in [-0.3, -0.25) is 9.59 Å². The van der Waals surface area contributed by atoms with Gasteiger partial charge in [0, 0.05) is 28.9 Å². The van der Waals surface area contributed by atoms with Crippen LogP contribution in [0.15, 0.2) is 53.5 Å². The molecular weight excluding hydrogens is 406 g/mol. The average Bonchev–Trinajstić information content (AvgIpc) is 2.75. The molecule has 156 valence electrons. The first-order valence-corrected chi connectivity index (χ1v) is 9.69. The molecule has 0 saturated heterocycles. The van der Waals surface area contributed by atoms with Crippen molar-refractivity contribution in [3.8, 4) is 22.9 Å². The quantitative estimate of drug-likeness (QED) is 0.576. The van der Waals surface area contributed by atoms with Gasteiger partial charge in [0.2, 0.25) is 5.91 Å². The van der Waals surface area contributed by atoms with Crippen molar-refractivity contribution in [1.82, 2.24) is 15.3 Å². The van der Waals surface area contributed by atoms with Gasteiger partial charge in [-0.05, 0) is 48.4 Å². The number of nitrogens with zero attached hydrogens (tertiary/aromatic N) is 1. The van der Waals surface area contributed by atoms with Gasteiger partial charge in [0.15, 0.2) is 11.5 Å². The molecule has 0 spiro atoms. The highest BCUT2D eigenvalue weighted by Crippen LogP contribution is 2.27. The van der Waals surface area contributed by atoms with Gasteiger partial charge in [-0.15, -0.1) is 0 Å². The summed E-state index contributed by atoms with van der Waals surface area (Å²) in [6.45, 7) is 0.433. The van der Waals surface area contributed by atoms with E-state index < -0.39 is 0 Å². The van der Waals surface area contributed by atoms with E-state index in [1.807, 2.05) is 18.2 Å². The Labute approximate surface area is 179 Å². The Bertz CT molecular complexity index is 1080. The molecule has 0 atom stereocenters. The maximum atomic E-state index is 12.3. The molecule has 0 unspecified atom stereocenters. The fourth-order valence-corrected chi connectivity index (χ4v) is 3.05. The normalized spacial score (nSPS) is 10.5. The van der Waals surface area contributed by atoms with Crippen LogP contribution in [0.2, 0.25) is 5.02 Å². The third-order valence-corrected chi connectivity index (χ3v) is 4.78. The van der Waals surface area contributed by atoms with Crippen molar-refractivity contribution in [2.75, 3.05) is 20.8 Å². The van der Waals surface area contributed by atoms with Gasteiger partial charge in [0.05, 0.1) is 20.6 Å². The smallest absolute Gasteiger partial charge is 0.254 e. The molecule has 1 aromatic heterocycles. The van der Waals surface area contributed by atoms with Crippen molar-refractivity contribution in [2.45, 2.75) is 12.8 Å². The largest absolute Gasteiger partial charge is 0.493 e. The van der Waals surface area contributed by atoms with Gasteiger partial charge in [0.1, 0.15) is 5.82 Å². The number of rotatable bonds is 8. The second-order valence-corrected chi connectivity index (χ2v) is 7.00. The molecule has 7 nitrogen and oxygen atoms in total. The second kappa shape index (κ2) is 9.93. The summed E-state index contributed by atoms with van der Waals surface area (Å²) in [5.41, 5.74) is 1.70. The van der Waals surface area contributed by atoms with Crippen LogP contribution in [-0.4, -0.2) is 36.6 Å². The van der Waals surface area contributed by atoms with E-state index in [4.69, 9.17) is 21.1 Å². The minimum Gasteiger partial charge on any atom is -0.493 e. The Morgan fingerprint density at radius 1 is 1.10 bits per heavy atom. The Morgan fingerprint density at radius 3 is 2.50 bits per heavy atom. The highest BCUT2D eigenvalue weighted by atomic mass is 35.5. The minimum atomic E-state index is -0.343. The molecule has 0 aliphatic rings. The van der Waals surface area contributed by atoms with E-state index in [2.05, 4.69) is 15.3 Å². The van der Waals surface area contributed by atoms with Gasteiger partial charge in [-0.2, -0.15) is 0 Å². The molecule has 30 heavy (non-hydrogen) atoms.